The number of hydrogen-bond acceptors (Lipinski definition) is 2. The predicted molar refractivity (Wildman–Crippen MR) is 91.3 cm³/mol. The Morgan fingerprint density at radius 1 is 1.30 bits per heavy atom. The average Bonchev–Trinajstić information content (AvgIpc) is 2.45. The number of benzene rings is 1. The van der Waals surface area contributed by atoms with E-state index in [1.807, 2.05) is 0 Å². The molecule has 20 heavy (non-hydrogen) atoms. The summed E-state index contributed by atoms with van der Waals surface area (Å²) in [5.41, 5.74) is 2.82. The highest BCUT2D eigenvalue weighted by Gasteiger charge is 2.22. The summed E-state index contributed by atoms with van der Waals surface area (Å²) >= 11 is 3.59. The van der Waals surface area contributed by atoms with Crippen LogP contribution in [-0.4, -0.2) is 19.6 Å². The van der Waals surface area contributed by atoms with Gasteiger partial charge in [0.1, 0.15) is 0 Å². The van der Waals surface area contributed by atoms with Gasteiger partial charge in [0.05, 0.1) is 0 Å². The number of anilines is 1. The molecule has 1 aliphatic heterocycles. The summed E-state index contributed by atoms with van der Waals surface area (Å²) in [5.74, 6) is 1.72. The van der Waals surface area contributed by atoms with Gasteiger partial charge in [0, 0.05) is 29.8 Å². The summed E-state index contributed by atoms with van der Waals surface area (Å²) in [5, 5.41) is 3.45. The van der Waals surface area contributed by atoms with E-state index in [2.05, 4.69) is 65.1 Å². The third-order valence-corrected chi connectivity index (χ3v) is 4.92. The second-order valence-electron chi connectivity index (χ2n) is 6.12. The Labute approximate surface area is 132 Å². The molecule has 0 atom stereocenters. The molecule has 2 nitrogen and oxygen atoms in total. The molecule has 0 radical (unpaired) electrons. The topological polar surface area (TPSA) is 15.3 Å². The lowest BCUT2D eigenvalue weighted by atomic mass is 9.86. The molecule has 0 aliphatic carbocycles. The molecule has 0 unspecified atom stereocenters. The van der Waals surface area contributed by atoms with Gasteiger partial charge in [-0.15, -0.1) is 0 Å². The van der Waals surface area contributed by atoms with Crippen LogP contribution < -0.4 is 10.2 Å². The van der Waals surface area contributed by atoms with Crippen LogP contribution in [0.5, 0.6) is 0 Å². The Balaban J connectivity index is 2.08. The Hall–Kier alpha value is -0.540. The molecular formula is C17H27BrN2. The van der Waals surface area contributed by atoms with Gasteiger partial charge in [0.2, 0.25) is 0 Å². The zero-order valence-corrected chi connectivity index (χ0v) is 14.5. The Kier molecular flexibility index (Phi) is 5.91. The summed E-state index contributed by atoms with van der Waals surface area (Å²) in [6.07, 6.45) is 2.66. The first kappa shape index (κ1) is 15.8. The van der Waals surface area contributed by atoms with Crippen molar-refractivity contribution >= 4 is 21.6 Å². The smallest absolute Gasteiger partial charge is 0.0412 e. The maximum absolute atomic E-state index is 3.59. The lowest BCUT2D eigenvalue weighted by Gasteiger charge is -2.36. The minimum absolute atomic E-state index is 0.822. The van der Waals surface area contributed by atoms with Crippen LogP contribution in [0.4, 0.5) is 5.69 Å². The minimum Gasteiger partial charge on any atom is -0.371 e. The minimum atomic E-state index is 0.822. The molecule has 0 amide bonds. The first-order chi connectivity index (χ1) is 9.61. The molecule has 1 N–H and O–H groups in total. The van der Waals surface area contributed by atoms with Gasteiger partial charge >= 0.3 is 0 Å². The quantitative estimate of drug-likeness (QED) is 0.854. The molecule has 1 aliphatic rings. The van der Waals surface area contributed by atoms with E-state index in [0.29, 0.717) is 0 Å². The fourth-order valence-corrected chi connectivity index (χ4v) is 3.48. The van der Waals surface area contributed by atoms with Crippen molar-refractivity contribution in [3.63, 3.8) is 0 Å². The van der Waals surface area contributed by atoms with Crippen LogP contribution in [0.25, 0.3) is 0 Å². The maximum Gasteiger partial charge on any atom is 0.0412 e. The van der Waals surface area contributed by atoms with E-state index in [-0.39, 0.29) is 0 Å². The molecule has 0 spiro atoms. The SMILES string of the molecule is CCNCc1cc(Br)ccc1N1CCC(C(C)C)CC1. The zero-order valence-electron chi connectivity index (χ0n) is 13.0. The van der Waals surface area contributed by atoms with Gasteiger partial charge in [-0.05, 0) is 55.0 Å². The van der Waals surface area contributed by atoms with Gasteiger partial charge < -0.3 is 10.2 Å². The predicted octanol–water partition coefficient (Wildman–Crippen LogP) is 4.43. The van der Waals surface area contributed by atoms with Crippen LogP contribution in [0.1, 0.15) is 39.2 Å². The van der Waals surface area contributed by atoms with Crippen LogP contribution in [-0.2, 0) is 6.54 Å². The van der Waals surface area contributed by atoms with E-state index < -0.39 is 0 Å². The third-order valence-electron chi connectivity index (χ3n) is 4.43. The van der Waals surface area contributed by atoms with Crippen LogP contribution in [0.3, 0.4) is 0 Å². The second-order valence-corrected chi connectivity index (χ2v) is 7.04. The average molecular weight is 339 g/mol. The number of nitrogens with zero attached hydrogens (tertiary/aromatic N) is 1. The van der Waals surface area contributed by atoms with E-state index in [0.717, 1.165) is 24.9 Å². The standard InChI is InChI=1S/C17H27BrN2/c1-4-19-12-15-11-16(18)5-6-17(15)20-9-7-14(8-10-20)13(2)3/h5-6,11,13-14,19H,4,7-10,12H2,1-3H3. The Bertz CT molecular complexity index is 423. The molecule has 0 saturated carbocycles. The normalized spacial score (nSPS) is 16.9. The Morgan fingerprint density at radius 2 is 2.00 bits per heavy atom. The van der Waals surface area contributed by atoms with Crippen LogP contribution >= 0.6 is 15.9 Å². The Morgan fingerprint density at radius 3 is 2.60 bits per heavy atom. The van der Waals surface area contributed by atoms with Crippen molar-refractivity contribution in [1.29, 1.82) is 0 Å². The van der Waals surface area contributed by atoms with Crippen molar-refractivity contribution in [3.8, 4) is 0 Å². The number of halogens is 1. The molecule has 112 valence electrons. The van der Waals surface area contributed by atoms with Crippen molar-refractivity contribution in [2.45, 2.75) is 40.2 Å². The molecule has 0 bridgehead atoms. The molecule has 2 rings (SSSR count). The van der Waals surface area contributed by atoms with Crippen molar-refractivity contribution in [2.24, 2.45) is 11.8 Å². The fraction of sp³-hybridized carbons (Fsp3) is 0.647. The monoisotopic (exact) mass is 338 g/mol. The first-order valence-corrected chi connectivity index (χ1v) is 8.65. The fourth-order valence-electron chi connectivity index (χ4n) is 3.07. The molecular weight excluding hydrogens is 312 g/mol. The highest BCUT2D eigenvalue weighted by atomic mass is 79.9. The van der Waals surface area contributed by atoms with Crippen molar-refractivity contribution < 1.29 is 0 Å². The van der Waals surface area contributed by atoms with E-state index in [9.17, 15) is 0 Å². The van der Waals surface area contributed by atoms with E-state index >= 15 is 0 Å². The van der Waals surface area contributed by atoms with Crippen molar-refractivity contribution in [3.05, 3.63) is 28.2 Å². The van der Waals surface area contributed by atoms with E-state index in [1.54, 1.807) is 0 Å². The largest absolute Gasteiger partial charge is 0.371 e. The third kappa shape index (κ3) is 3.98. The molecule has 1 aromatic rings. The van der Waals surface area contributed by atoms with E-state index in [1.165, 1.54) is 41.7 Å². The molecule has 1 aromatic carbocycles. The highest BCUT2D eigenvalue weighted by molar-refractivity contribution is 9.10. The summed E-state index contributed by atoms with van der Waals surface area (Å²) in [6, 6.07) is 6.69. The summed E-state index contributed by atoms with van der Waals surface area (Å²) in [7, 11) is 0. The van der Waals surface area contributed by atoms with Gasteiger partial charge in [-0.25, -0.2) is 0 Å². The molecule has 1 fully saturated rings. The summed E-state index contributed by atoms with van der Waals surface area (Å²) < 4.78 is 1.17. The number of rotatable bonds is 5. The summed E-state index contributed by atoms with van der Waals surface area (Å²) in [4.78, 5) is 2.57. The van der Waals surface area contributed by atoms with Gasteiger partial charge in [-0.1, -0.05) is 36.7 Å². The van der Waals surface area contributed by atoms with Gasteiger partial charge in [-0.3, -0.25) is 0 Å². The first-order valence-electron chi connectivity index (χ1n) is 7.86. The van der Waals surface area contributed by atoms with Crippen LogP contribution in [0, 0.1) is 11.8 Å². The van der Waals surface area contributed by atoms with Crippen molar-refractivity contribution in [1.82, 2.24) is 5.32 Å². The van der Waals surface area contributed by atoms with Crippen LogP contribution in [0.15, 0.2) is 22.7 Å². The number of piperidine rings is 1. The molecule has 0 aromatic heterocycles. The number of hydrogen-bond donors (Lipinski definition) is 1. The molecule has 1 heterocycles. The molecule has 1 saturated heterocycles. The maximum atomic E-state index is 3.59. The lowest BCUT2D eigenvalue weighted by Crippen LogP contribution is -2.36. The van der Waals surface area contributed by atoms with Gasteiger partial charge in [0.25, 0.3) is 0 Å². The van der Waals surface area contributed by atoms with Crippen molar-refractivity contribution in [2.75, 3.05) is 24.5 Å². The second kappa shape index (κ2) is 7.46. The summed E-state index contributed by atoms with van der Waals surface area (Å²) in [6.45, 7) is 11.2. The zero-order chi connectivity index (χ0) is 14.5. The highest BCUT2D eigenvalue weighted by Crippen LogP contribution is 2.31. The lowest BCUT2D eigenvalue weighted by molar-refractivity contribution is 0.311. The number of nitrogens with one attached hydrogen (secondary N) is 1. The van der Waals surface area contributed by atoms with Crippen LogP contribution in [0.2, 0.25) is 0 Å². The van der Waals surface area contributed by atoms with Gasteiger partial charge in [0.15, 0.2) is 0 Å². The van der Waals surface area contributed by atoms with Gasteiger partial charge in [-0.2, -0.15) is 0 Å². The molecule has 3 heteroatoms. The van der Waals surface area contributed by atoms with E-state index in [4.69, 9.17) is 0 Å².